The van der Waals surface area contributed by atoms with Gasteiger partial charge in [0.05, 0.1) is 0 Å². The van der Waals surface area contributed by atoms with Gasteiger partial charge in [0.1, 0.15) is 6.29 Å². The van der Waals surface area contributed by atoms with Crippen molar-refractivity contribution >= 4 is 6.29 Å². The van der Waals surface area contributed by atoms with Crippen LogP contribution in [-0.2, 0) is 4.79 Å². The molecular formula is C16H28O. The molecule has 0 bridgehead atoms. The molecule has 0 aliphatic rings. The molecule has 0 radical (unpaired) electrons. The number of unbranched alkanes of at least 4 members (excludes halogenated alkanes) is 8. The smallest absolute Gasteiger partial charge is 0.142 e. The Balaban J connectivity index is 3.05. The molecule has 0 amide bonds. The minimum Gasteiger partial charge on any atom is -0.299 e. The lowest BCUT2D eigenvalue weighted by Gasteiger charge is -1.98. The van der Waals surface area contributed by atoms with Crippen LogP contribution in [0.2, 0.25) is 0 Å². The van der Waals surface area contributed by atoms with Crippen LogP contribution in [0.1, 0.15) is 71.1 Å². The SMILES string of the molecule is CCCCC=CCCCCCCCC=CC=O. The number of hydrogen-bond acceptors (Lipinski definition) is 1. The van der Waals surface area contributed by atoms with Gasteiger partial charge in [-0.1, -0.05) is 57.3 Å². The van der Waals surface area contributed by atoms with Gasteiger partial charge >= 0.3 is 0 Å². The summed E-state index contributed by atoms with van der Waals surface area (Å²) in [5.74, 6) is 0. The topological polar surface area (TPSA) is 17.1 Å². The normalized spacial score (nSPS) is 11.6. The monoisotopic (exact) mass is 236 g/mol. The highest BCUT2D eigenvalue weighted by molar-refractivity contribution is 5.64. The lowest BCUT2D eigenvalue weighted by atomic mass is 10.1. The molecule has 0 fully saturated rings. The minimum atomic E-state index is 0.852. The zero-order valence-electron chi connectivity index (χ0n) is 11.4. The maximum absolute atomic E-state index is 10.0. The second-order valence-electron chi connectivity index (χ2n) is 4.52. The van der Waals surface area contributed by atoms with E-state index in [1.165, 1.54) is 57.8 Å². The largest absolute Gasteiger partial charge is 0.299 e. The first-order valence-electron chi connectivity index (χ1n) is 7.17. The van der Waals surface area contributed by atoms with Gasteiger partial charge in [0.25, 0.3) is 0 Å². The summed E-state index contributed by atoms with van der Waals surface area (Å²) in [6.07, 6.45) is 21.8. The van der Waals surface area contributed by atoms with E-state index in [-0.39, 0.29) is 0 Å². The van der Waals surface area contributed by atoms with Crippen LogP contribution in [-0.4, -0.2) is 6.29 Å². The van der Waals surface area contributed by atoms with Crippen LogP contribution in [0.25, 0.3) is 0 Å². The van der Waals surface area contributed by atoms with Crippen molar-refractivity contribution in [3.63, 3.8) is 0 Å². The molecule has 1 nitrogen and oxygen atoms in total. The molecular weight excluding hydrogens is 208 g/mol. The fourth-order valence-electron chi connectivity index (χ4n) is 1.76. The van der Waals surface area contributed by atoms with Crippen molar-refractivity contribution in [3.8, 4) is 0 Å². The number of carbonyl (C=O) groups is 1. The molecule has 0 aromatic rings. The summed E-state index contributed by atoms with van der Waals surface area (Å²) in [6, 6.07) is 0. The Kier molecular flexibility index (Phi) is 14.4. The third-order valence-electron chi connectivity index (χ3n) is 2.85. The van der Waals surface area contributed by atoms with Crippen LogP contribution in [0.5, 0.6) is 0 Å². The van der Waals surface area contributed by atoms with Gasteiger partial charge < -0.3 is 0 Å². The van der Waals surface area contributed by atoms with Crippen molar-refractivity contribution in [2.45, 2.75) is 71.1 Å². The summed E-state index contributed by atoms with van der Waals surface area (Å²) in [6.45, 7) is 2.23. The number of allylic oxidation sites excluding steroid dienone is 4. The molecule has 0 atom stereocenters. The second-order valence-corrected chi connectivity index (χ2v) is 4.52. The van der Waals surface area contributed by atoms with Gasteiger partial charge in [-0.2, -0.15) is 0 Å². The maximum atomic E-state index is 10.0. The van der Waals surface area contributed by atoms with Crippen LogP contribution in [0.3, 0.4) is 0 Å². The highest BCUT2D eigenvalue weighted by Gasteiger charge is 1.88. The zero-order chi connectivity index (χ0) is 12.6. The van der Waals surface area contributed by atoms with E-state index in [4.69, 9.17) is 0 Å². The Morgan fingerprint density at radius 1 is 0.706 bits per heavy atom. The summed E-state index contributed by atoms with van der Waals surface area (Å²) >= 11 is 0. The minimum absolute atomic E-state index is 0.852. The van der Waals surface area contributed by atoms with Crippen molar-refractivity contribution in [1.29, 1.82) is 0 Å². The molecule has 1 heteroatoms. The van der Waals surface area contributed by atoms with Crippen LogP contribution in [0.4, 0.5) is 0 Å². The number of hydrogen-bond donors (Lipinski definition) is 0. The third-order valence-corrected chi connectivity index (χ3v) is 2.85. The summed E-state index contributed by atoms with van der Waals surface area (Å²) in [5.41, 5.74) is 0. The molecule has 17 heavy (non-hydrogen) atoms. The predicted octanol–water partition coefficient (Wildman–Crippen LogP) is 5.22. The summed E-state index contributed by atoms with van der Waals surface area (Å²) in [7, 11) is 0. The van der Waals surface area contributed by atoms with Gasteiger partial charge in [-0.3, -0.25) is 4.79 Å². The first kappa shape index (κ1) is 16.1. The molecule has 0 aliphatic heterocycles. The molecule has 0 saturated carbocycles. The first-order valence-corrected chi connectivity index (χ1v) is 7.17. The molecule has 0 spiro atoms. The van der Waals surface area contributed by atoms with Gasteiger partial charge in [0.2, 0.25) is 0 Å². The van der Waals surface area contributed by atoms with Crippen molar-refractivity contribution in [2.24, 2.45) is 0 Å². The second kappa shape index (κ2) is 15.1. The quantitative estimate of drug-likeness (QED) is 0.196. The summed E-state index contributed by atoms with van der Waals surface area (Å²) in [5, 5.41) is 0. The van der Waals surface area contributed by atoms with Crippen molar-refractivity contribution in [3.05, 3.63) is 24.3 Å². The highest BCUT2D eigenvalue weighted by Crippen LogP contribution is 2.08. The van der Waals surface area contributed by atoms with Gasteiger partial charge in [0.15, 0.2) is 0 Å². The molecule has 0 heterocycles. The molecule has 0 aromatic carbocycles. The van der Waals surface area contributed by atoms with Gasteiger partial charge in [0, 0.05) is 0 Å². The van der Waals surface area contributed by atoms with Crippen LogP contribution >= 0.6 is 0 Å². The molecule has 0 aromatic heterocycles. The van der Waals surface area contributed by atoms with Gasteiger partial charge in [-0.05, 0) is 38.2 Å². The molecule has 0 unspecified atom stereocenters. The zero-order valence-corrected chi connectivity index (χ0v) is 11.4. The maximum Gasteiger partial charge on any atom is 0.142 e. The van der Waals surface area contributed by atoms with E-state index < -0.39 is 0 Å². The number of aldehydes is 1. The predicted molar refractivity (Wildman–Crippen MR) is 76.2 cm³/mol. The average molecular weight is 236 g/mol. The van der Waals surface area contributed by atoms with Gasteiger partial charge in [-0.25, -0.2) is 0 Å². The molecule has 0 rings (SSSR count). The van der Waals surface area contributed by atoms with Crippen molar-refractivity contribution in [2.75, 3.05) is 0 Å². The average Bonchev–Trinajstić information content (AvgIpc) is 2.35. The van der Waals surface area contributed by atoms with E-state index in [1.807, 2.05) is 6.08 Å². The lowest BCUT2D eigenvalue weighted by molar-refractivity contribution is -0.104. The molecule has 98 valence electrons. The van der Waals surface area contributed by atoms with Crippen LogP contribution < -0.4 is 0 Å². The Bertz CT molecular complexity index is 204. The van der Waals surface area contributed by atoms with E-state index >= 15 is 0 Å². The van der Waals surface area contributed by atoms with Crippen LogP contribution in [0.15, 0.2) is 24.3 Å². The fourth-order valence-corrected chi connectivity index (χ4v) is 1.76. The Morgan fingerprint density at radius 3 is 1.82 bits per heavy atom. The third kappa shape index (κ3) is 15.1. The number of rotatable bonds is 12. The lowest BCUT2D eigenvalue weighted by Crippen LogP contribution is -1.78. The van der Waals surface area contributed by atoms with Crippen molar-refractivity contribution < 1.29 is 4.79 Å². The van der Waals surface area contributed by atoms with E-state index in [0.717, 1.165) is 12.7 Å². The standard InChI is InChI=1S/C16H28O/c1-2-3-4-5-6-7-8-9-10-11-12-13-14-15-16-17/h5-6,14-16H,2-4,7-13H2,1H3. The van der Waals surface area contributed by atoms with E-state index in [9.17, 15) is 4.79 Å². The van der Waals surface area contributed by atoms with Gasteiger partial charge in [-0.15, -0.1) is 0 Å². The molecule has 0 N–H and O–H groups in total. The fraction of sp³-hybridized carbons (Fsp3) is 0.688. The Labute approximate surface area is 107 Å². The van der Waals surface area contributed by atoms with E-state index in [0.29, 0.717) is 0 Å². The molecule has 0 saturated heterocycles. The first-order chi connectivity index (χ1) is 8.41. The van der Waals surface area contributed by atoms with E-state index in [2.05, 4.69) is 19.1 Å². The summed E-state index contributed by atoms with van der Waals surface area (Å²) in [4.78, 5) is 10.0. The Hall–Kier alpha value is -0.850. The van der Waals surface area contributed by atoms with E-state index in [1.54, 1.807) is 6.08 Å². The molecule has 0 aliphatic carbocycles. The summed E-state index contributed by atoms with van der Waals surface area (Å²) < 4.78 is 0. The highest BCUT2D eigenvalue weighted by atomic mass is 16.1. The van der Waals surface area contributed by atoms with Crippen molar-refractivity contribution in [1.82, 2.24) is 0 Å². The van der Waals surface area contributed by atoms with Crippen LogP contribution in [0, 0.1) is 0 Å². The Morgan fingerprint density at radius 2 is 1.24 bits per heavy atom. The number of carbonyl (C=O) groups excluding carboxylic acids is 1.